The second kappa shape index (κ2) is 7.44. The predicted octanol–water partition coefficient (Wildman–Crippen LogP) is 2.32. The maximum Gasteiger partial charge on any atom is 0.343 e. The Morgan fingerprint density at radius 2 is 2.08 bits per heavy atom. The molecular weight excluding hydrogens is 338 g/mol. The van der Waals surface area contributed by atoms with Crippen LogP contribution in [0.15, 0.2) is 51.8 Å². The normalized spacial score (nSPS) is 10.3. The summed E-state index contributed by atoms with van der Waals surface area (Å²) in [6.45, 7) is 1.27. The van der Waals surface area contributed by atoms with Crippen LogP contribution in [0.4, 0.5) is 0 Å². The molecule has 3 heterocycles. The molecule has 8 nitrogen and oxygen atoms in total. The molecule has 0 aliphatic rings. The number of nitriles is 1. The summed E-state index contributed by atoms with van der Waals surface area (Å²) >= 11 is 0. The van der Waals surface area contributed by atoms with Crippen LogP contribution in [0, 0.1) is 18.3 Å². The molecule has 8 heteroatoms. The summed E-state index contributed by atoms with van der Waals surface area (Å²) in [6.07, 6.45) is 4.88. The minimum Gasteiger partial charge on any atom is -0.467 e. The fourth-order valence-corrected chi connectivity index (χ4v) is 2.38. The molecule has 0 bridgehead atoms. The molecule has 0 spiro atoms. The fourth-order valence-electron chi connectivity index (χ4n) is 2.38. The van der Waals surface area contributed by atoms with Gasteiger partial charge in [-0.15, -0.1) is 0 Å². The number of aryl methyl sites for hydroxylation is 1. The molecule has 3 aromatic heterocycles. The van der Waals surface area contributed by atoms with Crippen molar-refractivity contribution in [2.24, 2.45) is 0 Å². The molecule has 0 radical (unpaired) electrons. The number of nitrogens with one attached hydrogen (secondary N) is 1. The first-order chi connectivity index (χ1) is 12.6. The molecule has 0 atom stereocenters. The van der Waals surface area contributed by atoms with Crippen molar-refractivity contribution in [1.29, 1.82) is 5.26 Å². The van der Waals surface area contributed by atoms with Gasteiger partial charge in [0.15, 0.2) is 6.61 Å². The first-order valence-electron chi connectivity index (χ1n) is 7.73. The van der Waals surface area contributed by atoms with E-state index in [2.05, 4.69) is 5.32 Å². The summed E-state index contributed by atoms with van der Waals surface area (Å²) in [5.74, 6) is -0.233. The third-order valence-corrected chi connectivity index (χ3v) is 3.59. The number of amides is 1. The van der Waals surface area contributed by atoms with Crippen LogP contribution in [-0.4, -0.2) is 23.1 Å². The standard InChI is InChI=1S/C18H15N3O5/c1-12-16(14(9-19)17(26-12)21-6-2-3-7-21)18(23)25-11-15(22)20-10-13-5-4-8-24-13/h2-8H,10-11H2,1H3,(H,20,22). The van der Waals surface area contributed by atoms with Crippen molar-refractivity contribution >= 4 is 11.9 Å². The van der Waals surface area contributed by atoms with Crippen LogP contribution in [0.1, 0.15) is 27.4 Å². The van der Waals surface area contributed by atoms with Crippen molar-refractivity contribution in [3.05, 3.63) is 65.6 Å². The van der Waals surface area contributed by atoms with Crippen molar-refractivity contribution in [3.63, 3.8) is 0 Å². The molecule has 1 amide bonds. The minimum absolute atomic E-state index is 0.00929. The lowest BCUT2D eigenvalue weighted by Crippen LogP contribution is -2.28. The highest BCUT2D eigenvalue weighted by molar-refractivity contribution is 5.95. The molecule has 26 heavy (non-hydrogen) atoms. The fraction of sp³-hybridized carbons (Fsp3) is 0.167. The number of ether oxygens (including phenoxy) is 1. The molecule has 3 rings (SSSR count). The molecule has 3 aromatic rings. The number of carbonyl (C=O) groups is 2. The topological polar surface area (TPSA) is 110 Å². The number of esters is 1. The second-order valence-electron chi connectivity index (χ2n) is 5.35. The molecular formula is C18H15N3O5. The van der Waals surface area contributed by atoms with Gasteiger partial charge in [0, 0.05) is 12.4 Å². The van der Waals surface area contributed by atoms with Gasteiger partial charge in [-0.25, -0.2) is 4.79 Å². The van der Waals surface area contributed by atoms with Crippen LogP contribution in [-0.2, 0) is 16.1 Å². The smallest absolute Gasteiger partial charge is 0.343 e. The number of hydrogen-bond donors (Lipinski definition) is 1. The molecule has 0 aliphatic carbocycles. The number of furan rings is 2. The Hall–Kier alpha value is -3.73. The van der Waals surface area contributed by atoms with Gasteiger partial charge in [-0.1, -0.05) is 0 Å². The minimum atomic E-state index is -0.797. The maximum atomic E-state index is 12.3. The number of nitrogens with zero attached hydrogens (tertiary/aromatic N) is 2. The van der Waals surface area contributed by atoms with Crippen molar-refractivity contribution in [2.75, 3.05) is 6.61 Å². The second-order valence-corrected chi connectivity index (χ2v) is 5.35. The van der Waals surface area contributed by atoms with Gasteiger partial charge < -0.3 is 18.9 Å². The Morgan fingerprint density at radius 1 is 1.31 bits per heavy atom. The predicted molar refractivity (Wildman–Crippen MR) is 88.3 cm³/mol. The molecule has 0 aliphatic heterocycles. The quantitative estimate of drug-likeness (QED) is 0.681. The third kappa shape index (κ3) is 3.52. The van der Waals surface area contributed by atoms with E-state index < -0.39 is 18.5 Å². The van der Waals surface area contributed by atoms with E-state index in [-0.39, 0.29) is 29.3 Å². The van der Waals surface area contributed by atoms with Gasteiger partial charge in [0.2, 0.25) is 5.88 Å². The number of rotatable bonds is 6. The van der Waals surface area contributed by atoms with E-state index in [0.29, 0.717) is 5.76 Å². The van der Waals surface area contributed by atoms with Gasteiger partial charge in [-0.2, -0.15) is 5.26 Å². The Labute approximate surface area is 148 Å². The molecule has 1 N–H and O–H groups in total. The van der Waals surface area contributed by atoms with Crippen LogP contribution in [0.3, 0.4) is 0 Å². The van der Waals surface area contributed by atoms with Gasteiger partial charge in [0.1, 0.15) is 28.7 Å². The van der Waals surface area contributed by atoms with E-state index in [9.17, 15) is 14.9 Å². The van der Waals surface area contributed by atoms with Crippen molar-refractivity contribution in [2.45, 2.75) is 13.5 Å². The van der Waals surface area contributed by atoms with Crippen molar-refractivity contribution in [1.82, 2.24) is 9.88 Å². The third-order valence-electron chi connectivity index (χ3n) is 3.59. The molecule has 0 fully saturated rings. The van der Waals surface area contributed by atoms with E-state index in [1.165, 1.54) is 6.26 Å². The first kappa shape index (κ1) is 17.1. The number of hydrogen-bond acceptors (Lipinski definition) is 6. The van der Waals surface area contributed by atoms with E-state index in [4.69, 9.17) is 13.6 Å². The molecule has 0 aromatic carbocycles. The van der Waals surface area contributed by atoms with Gasteiger partial charge in [-0.05, 0) is 31.2 Å². The zero-order valence-corrected chi connectivity index (χ0v) is 13.9. The van der Waals surface area contributed by atoms with E-state index in [0.717, 1.165) is 0 Å². The monoisotopic (exact) mass is 353 g/mol. The first-order valence-corrected chi connectivity index (χ1v) is 7.73. The molecule has 0 unspecified atom stereocenters. The van der Waals surface area contributed by atoms with Crippen LogP contribution >= 0.6 is 0 Å². The Balaban J connectivity index is 1.66. The highest BCUT2D eigenvalue weighted by Gasteiger charge is 2.26. The van der Waals surface area contributed by atoms with E-state index in [1.807, 2.05) is 6.07 Å². The zero-order valence-electron chi connectivity index (χ0n) is 13.9. The largest absolute Gasteiger partial charge is 0.467 e. The SMILES string of the molecule is Cc1oc(-n2cccc2)c(C#N)c1C(=O)OCC(=O)NCc1ccco1. The zero-order chi connectivity index (χ0) is 18.5. The van der Waals surface area contributed by atoms with Gasteiger partial charge >= 0.3 is 5.97 Å². The lowest BCUT2D eigenvalue weighted by atomic mass is 10.1. The van der Waals surface area contributed by atoms with E-state index in [1.54, 1.807) is 48.1 Å². The lowest BCUT2D eigenvalue weighted by Gasteiger charge is -2.05. The van der Waals surface area contributed by atoms with Crippen molar-refractivity contribution in [3.8, 4) is 12.0 Å². The van der Waals surface area contributed by atoms with Gasteiger partial charge in [0.05, 0.1) is 12.8 Å². The number of carbonyl (C=O) groups excluding carboxylic acids is 2. The van der Waals surface area contributed by atoms with Crippen LogP contribution in [0.2, 0.25) is 0 Å². The summed E-state index contributed by atoms with van der Waals surface area (Å²) in [6, 6.07) is 8.90. The average Bonchev–Trinajstić information content (AvgIpc) is 3.37. The Bertz CT molecular complexity index is 946. The number of aromatic nitrogens is 1. The summed E-state index contributed by atoms with van der Waals surface area (Å²) in [7, 11) is 0. The average molecular weight is 353 g/mol. The highest BCUT2D eigenvalue weighted by atomic mass is 16.5. The van der Waals surface area contributed by atoms with Crippen LogP contribution < -0.4 is 5.32 Å². The summed E-state index contributed by atoms with van der Waals surface area (Å²) < 4.78 is 17.2. The van der Waals surface area contributed by atoms with E-state index >= 15 is 0 Å². The maximum absolute atomic E-state index is 12.3. The lowest BCUT2D eigenvalue weighted by molar-refractivity contribution is -0.124. The van der Waals surface area contributed by atoms with Crippen LogP contribution in [0.25, 0.3) is 5.88 Å². The van der Waals surface area contributed by atoms with Gasteiger partial charge in [0.25, 0.3) is 5.91 Å². The molecule has 0 saturated heterocycles. The Morgan fingerprint density at radius 3 is 2.73 bits per heavy atom. The summed E-state index contributed by atoms with van der Waals surface area (Å²) in [5.41, 5.74) is 0.0646. The summed E-state index contributed by atoms with van der Waals surface area (Å²) in [4.78, 5) is 24.1. The summed E-state index contributed by atoms with van der Waals surface area (Å²) in [5, 5.41) is 12.0. The van der Waals surface area contributed by atoms with Gasteiger partial charge in [-0.3, -0.25) is 9.36 Å². The Kier molecular flexibility index (Phi) is 4.90. The van der Waals surface area contributed by atoms with Crippen LogP contribution in [0.5, 0.6) is 0 Å². The molecule has 132 valence electrons. The highest BCUT2D eigenvalue weighted by Crippen LogP contribution is 2.26. The molecule has 0 saturated carbocycles. The van der Waals surface area contributed by atoms with Crippen molar-refractivity contribution < 1.29 is 23.2 Å².